The number of aliphatic hydroxyl groups is 1. The highest BCUT2D eigenvalue weighted by molar-refractivity contribution is 6.39. The molecule has 1 aromatic carbocycles. The number of alkyl carbamates (subject to hydrolysis) is 1. The van der Waals surface area contributed by atoms with Crippen molar-refractivity contribution in [2.24, 2.45) is 0 Å². The number of hydrogen-bond donors (Lipinski definition) is 3. The van der Waals surface area contributed by atoms with Crippen LogP contribution in [0.1, 0.15) is 32.8 Å². The molecule has 0 spiro atoms. The van der Waals surface area contributed by atoms with Crippen LogP contribution >= 0.6 is 0 Å². The number of benzene rings is 1. The Kier molecular flexibility index (Phi) is 6.42. The molecule has 4 radical (unpaired) electrons. The molecule has 0 saturated carbocycles. The number of nitrogens with one attached hydrogen (secondary N) is 1. The summed E-state index contributed by atoms with van der Waals surface area (Å²) in [6.07, 6.45) is 2.86. The fourth-order valence-corrected chi connectivity index (χ4v) is 3.80. The first-order valence-electron chi connectivity index (χ1n) is 10.2. The molecule has 2 heterocycles. The van der Waals surface area contributed by atoms with Crippen molar-refractivity contribution in [3.63, 3.8) is 0 Å². The molecule has 1 fully saturated rings. The van der Waals surface area contributed by atoms with Crippen molar-refractivity contribution in [2.45, 2.75) is 50.3 Å². The zero-order valence-electron chi connectivity index (χ0n) is 18.4. The number of ether oxygens (including phenoxy) is 1. The Morgan fingerprint density at radius 2 is 2.09 bits per heavy atom. The smallest absolute Gasteiger partial charge is 0.407 e. The van der Waals surface area contributed by atoms with Crippen LogP contribution < -0.4 is 16.0 Å². The van der Waals surface area contributed by atoms with E-state index in [9.17, 15) is 15.2 Å². The molecule has 10 heteroatoms. The fraction of sp³-hybridized carbons (Fsp3) is 0.409. The molecule has 2 aromatic rings. The molecule has 2 unspecified atom stereocenters. The lowest BCUT2D eigenvalue weighted by molar-refractivity contribution is 0.0506. The highest BCUT2D eigenvalue weighted by atomic mass is 16.6. The fourth-order valence-electron chi connectivity index (χ4n) is 3.80. The largest absolute Gasteiger partial charge is 0.444 e. The van der Waals surface area contributed by atoms with Crippen LogP contribution in [0.3, 0.4) is 0 Å². The minimum absolute atomic E-state index is 0.281. The Bertz CT molecular complexity index is 1040. The lowest BCUT2D eigenvalue weighted by atomic mass is 9.60. The average Bonchev–Trinajstić information content (AvgIpc) is 3.10. The van der Waals surface area contributed by atoms with Crippen LogP contribution in [0.2, 0.25) is 0 Å². The summed E-state index contributed by atoms with van der Waals surface area (Å²) in [5.74, 6) is 0. The molecule has 0 aliphatic carbocycles. The van der Waals surface area contributed by atoms with Crippen LogP contribution in [0.5, 0.6) is 0 Å². The maximum atomic E-state index is 12.3. The van der Waals surface area contributed by atoms with Gasteiger partial charge in [-0.2, -0.15) is 5.26 Å². The summed E-state index contributed by atoms with van der Waals surface area (Å²) < 4.78 is 5.33. The summed E-state index contributed by atoms with van der Waals surface area (Å²) in [6.45, 7) is 5.62. The molecule has 3 rings (SSSR count). The van der Waals surface area contributed by atoms with Gasteiger partial charge < -0.3 is 25.8 Å². The van der Waals surface area contributed by atoms with E-state index in [0.29, 0.717) is 29.0 Å². The molecule has 1 aliphatic rings. The molecule has 2 atom stereocenters. The Labute approximate surface area is 190 Å². The summed E-state index contributed by atoms with van der Waals surface area (Å²) in [6, 6.07) is 7.95. The van der Waals surface area contributed by atoms with E-state index >= 15 is 0 Å². The van der Waals surface area contributed by atoms with E-state index in [1.807, 2.05) is 0 Å². The maximum absolute atomic E-state index is 12.3. The Morgan fingerprint density at radius 1 is 1.38 bits per heavy atom. The van der Waals surface area contributed by atoms with Gasteiger partial charge >= 0.3 is 6.09 Å². The number of nitriles is 1. The number of nitrogens with zero attached hydrogens (tertiary/aromatic N) is 3. The van der Waals surface area contributed by atoms with Crippen LogP contribution in [0.15, 0.2) is 36.7 Å². The van der Waals surface area contributed by atoms with Crippen molar-refractivity contribution in [2.75, 3.05) is 17.2 Å². The normalized spacial score (nSPS) is 18.8. The molecular weight excluding hydrogens is 404 g/mol. The van der Waals surface area contributed by atoms with E-state index in [1.54, 1.807) is 62.3 Å². The number of nitrogens with two attached hydrogens (primary N) is 1. The van der Waals surface area contributed by atoms with Crippen LogP contribution in [0.25, 0.3) is 11.1 Å². The second-order valence-electron chi connectivity index (χ2n) is 8.94. The van der Waals surface area contributed by atoms with E-state index in [1.165, 1.54) is 0 Å². The number of rotatable bonds is 4. The number of pyridine rings is 1. The van der Waals surface area contributed by atoms with Crippen LogP contribution in [0, 0.1) is 11.3 Å². The van der Waals surface area contributed by atoms with Gasteiger partial charge in [0.1, 0.15) is 21.3 Å². The summed E-state index contributed by atoms with van der Waals surface area (Å²) >= 11 is 0. The number of hydrogen-bond acceptors (Lipinski definition) is 7. The number of aromatic nitrogens is 1. The van der Waals surface area contributed by atoms with Crippen molar-refractivity contribution >= 4 is 33.2 Å². The molecule has 1 amide bonds. The molecule has 162 valence electrons. The summed E-state index contributed by atoms with van der Waals surface area (Å²) in [5, 5.41) is 20.6. The third-order valence-electron chi connectivity index (χ3n) is 5.15. The lowest BCUT2D eigenvalue weighted by Gasteiger charge is -2.36. The summed E-state index contributed by atoms with van der Waals surface area (Å²) in [5.41, 5.74) is 8.44. The first-order chi connectivity index (χ1) is 14.9. The van der Waals surface area contributed by atoms with E-state index in [4.69, 9.17) is 26.2 Å². The van der Waals surface area contributed by atoms with Gasteiger partial charge in [-0.1, -0.05) is 6.07 Å². The van der Waals surface area contributed by atoms with Gasteiger partial charge in [0, 0.05) is 35.9 Å². The average molecular weight is 429 g/mol. The second-order valence-corrected chi connectivity index (χ2v) is 8.94. The Hall–Kier alpha value is -3.18. The SMILES string of the molecule is [B]C([B])(O)C1CC(NC(=O)OC(C)(C)C)CN1c1cc(-c2cnccc2C#N)ccc1N. The molecule has 32 heavy (non-hydrogen) atoms. The Balaban J connectivity index is 1.94. The number of nitrogen functional groups attached to an aromatic ring is 1. The van der Waals surface area contributed by atoms with Crippen LogP contribution in [0.4, 0.5) is 16.2 Å². The summed E-state index contributed by atoms with van der Waals surface area (Å²) in [4.78, 5) is 18.1. The van der Waals surface area contributed by atoms with Crippen molar-refractivity contribution in [3.8, 4) is 17.2 Å². The third kappa shape index (κ3) is 5.35. The molecule has 1 saturated heterocycles. The van der Waals surface area contributed by atoms with Gasteiger partial charge in [-0.25, -0.2) is 4.79 Å². The maximum Gasteiger partial charge on any atom is 0.407 e. The van der Waals surface area contributed by atoms with Crippen molar-refractivity contribution in [3.05, 3.63) is 42.2 Å². The minimum Gasteiger partial charge on any atom is -0.444 e. The quantitative estimate of drug-likeness (QED) is 0.499. The Morgan fingerprint density at radius 3 is 2.72 bits per heavy atom. The zero-order valence-corrected chi connectivity index (χ0v) is 18.4. The monoisotopic (exact) mass is 429 g/mol. The first kappa shape index (κ1) is 23.5. The predicted octanol–water partition coefficient (Wildman–Crippen LogP) is 1.66. The molecule has 1 aromatic heterocycles. The van der Waals surface area contributed by atoms with Crippen molar-refractivity contribution in [1.29, 1.82) is 5.26 Å². The predicted molar refractivity (Wildman–Crippen MR) is 124 cm³/mol. The molecule has 4 N–H and O–H groups in total. The van der Waals surface area contributed by atoms with E-state index in [-0.39, 0.29) is 12.5 Å². The third-order valence-corrected chi connectivity index (χ3v) is 5.15. The van der Waals surface area contributed by atoms with Crippen LogP contribution in [-0.4, -0.2) is 61.5 Å². The minimum atomic E-state index is -2.04. The van der Waals surface area contributed by atoms with Crippen molar-refractivity contribution < 1.29 is 14.6 Å². The van der Waals surface area contributed by atoms with Crippen molar-refractivity contribution in [1.82, 2.24) is 10.3 Å². The van der Waals surface area contributed by atoms with Gasteiger partial charge in [0.05, 0.1) is 29.0 Å². The molecule has 8 nitrogen and oxygen atoms in total. The second kappa shape index (κ2) is 8.75. The zero-order chi connectivity index (χ0) is 23.7. The van der Waals surface area contributed by atoms with Gasteiger partial charge in [0.15, 0.2) is 0 Å². The number of carbonyl (C=O) groups excluding carboxylic acids is 1. The van der Waals surface area contributed by atoms with E-state index in [2.05, 4.69) is 16.4 Å². The highest BCUT2D eigenvalue weighted by Gasteiger charge is 2.41. The van der Waals surface area contributed by atoms with Gasteiger partial charge in [0.25, 0.3) is 0 Å². The van der Waals surface area contributed by atoms with Gasteiger partial charge in [-0.3, -0.25) is 4.98 Å². The topological polar surface area (TPSA) is 124 Å². The number of carbonyl (C=O) groups is 1. The molecular formula is C22H25B2N5O3. The highest BCUT2D eigenvalue weighted by Crippen LogP contribution is 2.37. The first-order valence-corrected chi connectivity index (χ1v) is 10.2. The number of anilines is 2. The van der Waals surface area contributed by atoms with Gasteiger partial charge in [-0.15, -0.1) is 0 Å². The van der Waals surface area contributed by atoms with Gasteiger partial charge in [-0.05, 0) is 51.0 Å². The summed E-state index contributed by atoms with van der Waals surface area (Å²) in [7, 11) is 11.7. The lowest BCUT2D eigenvalue weighted by Crippen LogP contribution is -2.51. The molecule has 1 aliphatic heterocycles. The van der Waals surface area contributed by atoms with Gasteiger partial charge in [0.2, 0.25) is 0 Å². The van der Waals surface area contributed by atoms with E-state index < -0.39 is 23.1 Å². The number of amides is 1. The van der Waals surface area contributed by atoms with E-state index in [0.717, 1.165) is 5.56 Å². The van der Waals surface area contributed by atoms with Crippen LogP contribution in [-0.2, 0) is 4.74 Å². The molecule has 0 bridgehead atoms. The standard InChI is InChI=1S/C22H25B2N5O3/c1-21(2,3)32-20(30)28-15-9-19(22(23,24)31)29(12-15)18-8-13(4-5-17(18)26)16-11-27-7-6-14(16)10-25/h4-8,11,15,19,31H,9,12,26H2,1-3H3,(H,28,30).